The van der Waals surface area contributed by atoms with Crippen LogP contribution < -0.4 is 4.90 Å². The molecule has 0 unspecified atom stereocenters. The number of ether oxygens (including phenoxy) is 1. The number of allylic oxidation sites excluding steroid dienone is 1. The number of imide groups is 1. The molecule has 2 fully saturated rings. The predicted octanol–water partition coefficient (Wildman–Crippen LogP) is 3.44. The number of nitrogens with zero attached hydrogens (tertiary/aromatic N) is 2. The highest BCUT2D eigenvalue weighted by Crippen LogP contribution is 2.50. The minimum absolute atomic E-state index is 0.184. The Balaban J connectivity index is 1.64. The Bertz CT molecular complexity index is 1140. The first-order valence-corrected chi connectivity index (χ1v) is 11.0. The molecule has 0 saturated carbocycles. The van der Waals surface area contributed by atoms with Gasteiger partial charge >= 0.3 is 0 Å². The maximum atomic E-state index is 13.8. The van der Waals surface area contributed by atoms with Gasteiger partial charge in [0.15, 0.2) is 5.78 Å². The average Bonchev–Trinajstić information content (AvgIpc) is 3.25. The van der Waals surface area contributed by atoms with Crippen molar-refractivity contribution < 1.29 is 19.1 Å². The summed E-state index contributed by atoms with van der Waals surface area (Å²) < 4.78 is 5.10. The molecule has 0 aliphatic carbocycles. The molecule has 0 bridgehead atoms. The number of rotatable bonds is 5. The Morgan fingerprint density at radius 1 is 1.03 bits per heavy atom. The zero-order chi connectivity index (χ0) is 22.6. The van der Waals surface area contributed by atoms with E-state index in [0.29, 0.717) is 10.6 Å². The highest BCUT2D eigenvalue weighted by atomic mass is 35.5. The Labute approximate surface area is 191 Å². The van der Waals surface area contributed by atoms with Gasteiger partial charge in [-0.1, -0.05) is 35.9 Å². The smallest absolute Gasteiger partial charge is 0.235 e. The van der Waals surface area contributed by atoms with Gasteiger partial charge in [-0.15, -0.1) is 0 Å². The second kappa shape index (κ2) is 7.87. The van der Waals surface area contributed by atoms with Gasteiger partial charge in [-0.25, -0.2) is 0 Å². The van der Waals surface area contributed by atoms with E-state index in [9.17, 15) is 14.4 Å². The number of carbonyl (C=O) groups is 3. The fourth-order valence-corrected chi connectivity index (χ4v) is 5.47. The summed E-state index contributed by atoms with van der Waals surface area (Å²) in [6.45, 7) is 2.46. The van der Waals surface area contributed by atoms with Crippen LogP contribution in [0.1, 0.15) is 22.8 Å². The van der Waals surface area contributed by atoms with E-state index in [-0.39, 0.29) is 36.8 Å². The van der Waals surface area contributed by atoms with E-state index < -0.39 is 17.9 Å². The van der Waals surface area contributed by atoms with Gasteiger partial charge in [0.2, 0.25) is 11.8 Å². The number of fused-ring (bicyclic) bond motifs is 5. The summed E-state index contributed by atoms with van der Waals surface area (Å²) in [4.78, 5) is 43.9. The normalized spacial score (nSPS) is 26.0. The summed E-state index contributed by atoms with van der Waals surface area (Å²) in [6, 6.07) is 13.4. The standard InChI is InChI=1S/C25H23ClN2O4/c1-14-13-19-20-21(25(31)27(24(20)30)11-12-32-2)22(23(29)15-7-9-16(26)10-8-15)28(19)18-6-4-3-5-17(14)18/h3-10,13,19-22H,11-12H2,1-2H3/t19-,20-,21-,22-/m1/s1. The molecule has 6 nitrogen and oxygen atoms in total. The number of ketones is 1. The second-order valence-corrected chi connectivity index (χ2v) is 8.89. The number of likely N-dealkylation sites (tertiary alicyclic amines) is 1. The number of carbonyl (C=O) groups excluding carboxylic acids is 3. The summed E-state index contributed by atoms with van der Waals surface area (Å²) in [6.07, 6.45) is 2.03. The van der Waals surface area contributed by atoms with E-state index >= 15 is 0 Å². The molecule has 3 heterocycles. The van der Waals surface area contributed by atoms with Gasteiger partial charge in [0.1, 0.15) is 6.04 Å². The summed E-state index contributed by atoms with van der Waals surface area (Å²) in [5.41, 5.74) is 3.39. The number of Topliss-reactive ketones (excluding diaryl/α,β-unsaturated/α-hetero) is 1. The van der Waals surface area contributed by atoms with Crippen molar-refractivity contribution >= 4 is 40.5 Å². The molecule has 3 aliphatic heterocycles. The first kappa shape index (κ1) is 20.9. The third-order valence-electron chi connectivity index (χ3n) is 6.76. The molecule has 5 rings (SSSR count). The predicted molar refractivity (Wildman–Crippen MR) is 122 cm³/mol. The van der Waals surface area contributed by atoms with Crippen molar-refractivity contribution in [3.63, 3.8) is 0 Å². The molecule has 0 spiro atoms. The summed E-state index contributed by atoms with van der Waals surface area (Å²) in [7, 11) is 1.53. The van der Waals surface area contributed by atoms with E-state index in [4.69, 9.17) is 16.3 Å². The molecule has 0 N–H and O–H groups in total. The van der Waals surface area contributed by atoms with Crippen LogP contribution in [0.4, 0.5) is 5.69 Å². The monoisotopic (exact) mass is 450 g/mol. The largest absolute Gasteiger partial charge is 0.383 e. The third-order valence-corrected chi connectivity index (χ3v) is 7.01. The molecule has 2 aromatic rings. The average molecular weight is 451 g/mol. The van der Waals surface area contributed by atoms with Crippen LogP contribution in [0.2, 0.25) is 5.02 Å². The van der Waals surface area contributed by atoms with Crippen molar-refractivity contribution in [2.75, 3.05) is 25.2 Å². The number of hydrogen-bond donors (Lipinski definition) is 0. The molecule has 164 valence electrons. The van der Waals surface area contributed by atoms with Crippen molar-refractivity contribution in [1.29, 1.82) is 0 Å². The molecule has 0 aromatic heterocycles. The second-order valence-electron chi connectivity index (χ2n) is 8.45. The number of anilines is 1. The van der Waals surface area contributed by atoms with Crippen LogP contribution in [-0.4, -0.2) is 54.8 Å². The lowest BCUT2D eigenvalue weighted by Crippen LogP contribution is -2.49. The fourth-order valence-electron chi connectivity index (χ4n) is 5.35. The molecule has 2 saturated heterocycles. The van der Waals surface area contributed by atoms with Gasteiger partial charge in [-0.2, -0.15) is 0 Å². The fraction of sp³-hybridized carbons (Fsp3) is 0.320. The number of para-hydroxylation sites is 1. The lowest BCUT2D eigenvalue weighted by molar-refractivity contribution is -0.141. The maximum Gasteiger partial charge on any atom is 0.235 e. The number of hydrogen-bond acceptors (Lipinski definition) is 5. The van der Waals surface area contributed by atoms with Gasteiger partial charge in [-0.05, 0) is 42.8 Å². The van der Waals surface area contributed by atoms with Crippen LogP contribution in [0.5, 0.6) is 0 Å². The number of halogens is 1. The molecule has 3 aliphatic rings. The molecule has 7 heteroatoms. The SMILES string of the molecule is COCCN1C(=O)[C@@H]2[C@H](C1=O)[C@H]1C=C(C)c3ccccc3N1[C@H]2C(=O)c1ccc(Cl)cc1. The van der Waals surface area contributed by atoms with Crippen LogP contribution in [0.15, 0.2) is 54.6 Å². The van der Waals surface area contributed by atoms with Crippen LogP contribution >= 0.6 is 11.6 Å². The zero-order valence-corrected chi connectivity index (χ0v) is 18.6. The van der Waals surface area contributed by atoms with Crippen molar-refractivity contribution in [2.45, 2.75) is 19.0 Å². The van der Waals surface area contributed by atoms with E-state index in [0.717, 1.165) is 16.8 Å². The van der Waals surface area contributed by atoms with Crippen LogP contribution in [-0.2, 0) is 14.3 Å². The molecule has 32 heavy (non-hydrogen) atoms. The zero-order valence-electron chi connectivity index (χ0n) is 17.8. The molecule has 0 radical (unpaired) electrons. The van der Waals surface area contributed by atoms with E-state index in [2.05, 4.69) is 0 Å². The van der Waals surface area contributed by atoms with Crippen molar-refractivity contribution in [2.24, 2.45) is 11.8 Å². The third kappa shape index (κ3) is 3.01. The Kier molecular flexibility index (Phi) is 5.14. The number of benzene rings is 2. The van der Waals surface area contributed by atoms with Gasteiger partial charge in [-0.3, -0.25) is 19.3 Å². The lowest BCUT2D eigenvalue weighted by Gasteiger charge is -2.38. The highest BCUT2D eigenvalue weighted by Gasteiger charge is 2.64. The molecular weight excluding hydrogens is 428 g/mol. The summed E-state index contributed by atoms with van der Waals surface area (Å²) in [5.74, 6) is -2.08. The molecule has 4 atom stereocenters. The van der Waals surface area contributed by atoms with E-state index in [1.54, 1.807) is 24.3 Å². The van der Waals surface area contributed by atoms with Crippen LogP contribution in [0.3, 0.4) is 0 Å². The van der Waals surface area contributed by atoms with Crippen molar-refractivity contribution in [1.82, 2.24) is 4.90 Å². The Morgan fingerprint density at radius 3 is 2.44 bits per heavy atom. The Hall–Kier alpha value is -2.96. The topological polar surface area (TPSA) is 66.9 Å². The quantitative estimate of drug-likeness (QED) is 0.515. The summed E-state index contributed by atoms with van der Waals surface area (Å²) in [5, 5.41) is 0.531. The van der Waals surface area contributed by atoms with Crippen molar-refractivity contribution in [3.05, 3.63) is 70.8 Å². The van der Waals surface area contributed by atoms with Crippen LogP contribution in [0.25, 0.3) is 5.57 Å². The van der Waals surface area contributed by atoms with Crippen molar-refractivity contribution in [3.8, 4) is 0 Å². The minimum atomic E-state index is -0.777. The summed E-state index contributed by atoms with van der Waals surface area (Å²) >= 11 is 6.02. The van der Waals surface area contributed by atoms with Crippen LogP contribution in [0, 0.1) is 11.8 Å². The minimum Gasteiger partial charge on any atom is -0.383 e. The van der Waals surface area contributed by atoms with E-state index in [1.807, 2.05) is 42.2 Å². The first-order chi connectivity index (χ1) is 15.4. The number of amides is 2. The van der Waals surface area contributed by atoms with Gasteiger partial charge in [0.05, 0.1) is 31.0 Å². The van der Waals surface area contributed by atoms with Gasteiger partial charge in [0.25, 0.3) is 0 Å². The highest BCUT2D eigenvalue weighted by molar-refractivity contribution is 6.30. The maximum absolute atomic E-state index is 13.8. The van der Waals surface area contributed by atoms with E-state index in [1.165, 1.54) is 12.0 Å². The molecule has 2 aromatic carbocycles. The lowest BCUT2D eigenvalue weighted by atomic mass is 9.85. The molecule has 2 amide bonds. The number of methoxy groups -OCH3 is 1. The molecular formula is C25H23ClN2O4. The van der Waals surface area contributed by atoms with Gasteiger partial charge < -0.3 is 9.64 Å². The van der Waals surface area contributed by atoms with Gasteiger partial charge in [0, 0.05) is 28.9 Å². The Morgan fingerprint density at radius 2 is 1.72 bits per heavy atom. The first-order valence-electron chi connectivity index (χ1n) is 10.6.